The van der Waals surface area contributed by atoms with Gasteiger partial charge in [0, 0.05) is 17.5 Å². The second kappa shape index (κ2) is 7.58. The number of carboxylic acid groups (broad SMARTS) is 1. The minimum absolute atomic E-state index is 0.00709. The highest BCUT2D eigenvalue weighted by Gasteiger charge is 2.62. The molecule has 31 heavy (non-hydrogen) atoms. The molecule has 10 heteroatoms. The molecule has 1 N–H and O–H groups in total. The maximum absolute atomic E-state index is 14.2. The van der Waals surface area contributed by atoms with Gasteiger partial charge < -0.3 is 9.94 Å². The van der Waals surface area contributed by atoms with Crippen molar-refractivity contribution in [3.05, 3.63) is 80.3 Å². The normalized spacial score (nSPS) is 18.7. The molecule has 160 valence electrons. The predicted molar refractivity (Wildman–Crippen MR) is 112 cm³/mol. The van der Waals surface area contributed by atoms with Crippen LogP contribution in [0, 0.1) is 0 Å². The Kier molecular flexibility index (Phi) is 5.32. The third-order valence-corrected chi connectivity index (χ3v) is 6.30. The molecule has 1 heterocycles. The monoisotopic (exact) mass is 487 g/mol. The average Bonchev–Trinajstić information content (AvgIpc) is 3.17. The van der Waals surface area contributed by atoms with Crippen molar-refractivity contribution in [3.8, 4) is 0 Å². The van der Waals surface area contributed by atoms with E-state index in [0.717, 1.165) is 12.1 Å². The molecule has 0 spiro atoms. The lowest BCUT2D eigenvalue weighted by molar-refractivity contribution is -0.275. The summed E-state index contributed by atoms with van der Waals surface area (Å²) in [7, 11) is 0. The number of hydrogen-bond donors (Lipinski definition) is 1. The Hall–Kier alpha value is -2.48. The van der Waals surface area contributed by atoms with Gasteiger partial charge in [-0.2, -0.15) is 13.2 Å². The lowest BCUT2D eigenvalue weighted by Crippen LogP contribution is -2.42. The molecule has 1 aliphatic rings. The summed E-state index contributed by atoms with van der Waals surface area (Å²) < 4.78 is 42.7. The molecule has 4 rings (SSSR count). The summed E-state index contributed by atoms with van der Waals surface area (Å²) in [6, 6.07) is 11.3. The van der Waals surface area contributed by atoms with E-state index in [4.69, 9.17) is 39.6 Å². The number of aromatic carboxylic acids is 1. The van der Waals surface area contributed by atoms with Crippen molar-refractivity contribution in [3.63, 3.8) is 0 Å². The summed E-state index contributed by atoms with van der Waals surface area (Å²) >= 11 is 17.8. The highest BCUT2D eigenvalue weighted by atomic mass is 35.5. The Bertz CT molecular complexity index is 1240. The maximum atomic E-state index is 14.2. The van der Waals surface area contributed by atoms with Gasteiger partial charge in [-0.25, -0.2) is 4.79 Å². The number of hydrogen-bond acceptors (Lipinski definition) is 3. The summed E-state index contributed by atoms with van der Waals surface area (Å²) in [5.74, 6) is -1.15. The molecular formula is C21H11Cl3F3NO3. The summed E-state index contributed by atoms with van der Waals surface area (Å²) in [5.41, 5.74) is -2.81. The van der Waals surface area contributed by atoms with E-state index < -0.39 is 24.2 Å². The zero-order chi connectivity index (χ0) is 22.6. The minimum atomic E-state index is -4.87. The fourth-order valence-electron chi connectivity index (χ4n) is 3.57. The molecule has 0 radical (unpaired) electrons. The van der Waals surface area contributed by atoms with Gasteiger partial charge in [0.1, 0.15) is 0 Å². The molecule has 3 aromatic carbocycles. The van der Waals surface area contributed by atoms with Gasteiger partial charge in [-0.3, -0.25) is 0 Å². The Morgan fingerprint density at radius 3 is 2.23 bits per heavy atom. The molecule has 0 amide bonds. The van der Waals surface area contributed by atoms with E-state index in [-0.39, 0.29) is 31.9 Å². The molecule has 4 nitrogen and oxygen atoms in total. The standard InChI is InChI=1S/C21H11Cl3F3NO3/c22-15-7-10(8-16(23)18(15)24)20(21(25,26)27)9-17(28-31-20)13-5-6-14(19(29)30)12-4-2-1-3-11(12)13/h1-8H,9H2,(H,29,30). The van der Waals surface area contributed by atoms with Crippen molar-refractivity contribution in [2.75, 3.05) is 0 Å². The second-order valence-corrected chi connectivity index (χ2v) is 8.09. The fourth-order valence-corrected chi connectivity index (χ4v) is 4.17. The zero-order valence-electron chi connectivity index (χ0n) is 15.3. The lowest BCUT2D eigenvalue weighted by Gasteiger charge is -2.30. The number of carboxylic acids is 1. The minimum Gasteiger partial charge on any atom is -0.478 e. The van der Waals surface area contributed by atoms with Crippen molar-refractivity contribution >= 4 is 57.3 Å². The molecule has 0 fully saturated rings. The van der Waals surface area contributed by atoms with Crippen LogP contribution >= 0.6 is 34.8 Å². The van der Waals surface area contributed by atoms with Gasteiger partial charge >= 0.3 is 12.1 Å². The molecule has 0 saturated heterocycles. The first-order valence-corrected chi connectivity index (χ1v) is 9.91. The van der Waals surface area contributed by atoms with Gasteiger partial charge in [-0.1, -0.05) is 70.3 Å². The third kappa shape index (κ3) is 3.50. The quantitative estimate of drug-likeness (QED) is 0.401. The number of nitrogens with zero attached hydrogens (tertiary/aromatic N) is 1. The molecule has 0 saturated carbocycles. The lowest BCUT2D eigenvalue weighted by atomic mass is 9.85. The van der Waals surface area contributed by atoms with Gasteiger partial charge in [0.25, 0.3) is 5.60 Å². The van der Waals surface area contributed by atoms with Crippen LogP contribution in [0.2, 0.25) is 15.1 Å². The topological polar surface area (TPSA) is 58.9 Å². The summed E-state index contributed by atoms with van der Waals surface area (Å²) in [5, 5.41) is 13.6. The largest absolute Gasteiger partial charge is 0.478 e. The van der Waals surface area contributed by atoms with Crippen LogP contribution in [-0.4, -0.2) is 23.0 Å². The summed E-state index contributed by atoms with van der Waals surface area (Å²) in [6.07, 6.45) is -5.53. The zero-order valence-corrected chi connectivity index (χ0v) is 17.6. The van der Waals surface area contributed by atoms with Crippen LogP contribution in [0.3, 0.4) is 0 Å². The Morgan fingerprint density at radius 1 is 1.03 bits per heavy atom. The fraction of sp³-hybridized carbons (Fsp3) is 0.143. The second-order valence-electron chi connectivity index (χ2n) is 6.90. The third-order valence-electron chi connectivity index (χ3n) is 5.10. The van der Waals surface area contributed by atoms with Crippen LogP contribution < -0.4 is 0 Å². The number of benzene rings is 3. The van der Waals surface area contributed by atoms with E-state index in [1.165, 1.54) is 12.1 Å². The van der Waals surface area contributed by atoms with E-state index in [2.05, 4.69) is 5.16 Å². The van der Waals surface area contributed by atoms with E-state index in [9.17, 15) is 23.1 Å². The number of carbonyl (C=O) groups is 1. The van der Waals surface area contributed by atoms with Gasteiger partial charge in [0.2, 0.25) is 0 Å². The number of fused-ring (bicyclic) bond motifs is 1. The molecule has 0 aliphatic carbocycles. The van der Waals surface area contributed by atoms with E-state index in [1.54, 1.807) is 24.3 Å². The molecule has 3 aromatic rings. The van der Waals surface area contributed by atoms with Gasteiger partial charge in [-0.15, -0.1) is 0 Å². The maximum Gasteiger partial charge on any atom is 0.435 e. The van der Waals surface area contributed by atoms with E-state index >= 15 is 0 Å². The van der Waals surface area contributed by atoms with Crippen LogP contribution in [0.5, 0.6) is 0 Å². The predicted octanol–water partition coefficient (Wildman–Crippen LogP) is 7.08. The smallest absolute Gasteiger partial charge is 0.435 e. The van der Waals surface area contributed by atoms with Crippen LogP contribution in [0.25, 0.3) is 10.8 Å². The van der Waals surface area contributed by atoms with E-state index in [0.29, 0.717) is 16.3 Å². The highest BCUT2D eigenvalue weighted by molar-refractivity contribution is 6.48. The molecule has 1 aliphatic heterocycles. The number of alkyl halides is 3. The van der Waals surface area contributed by atoms with Gasteiger partial charge in [0.15, 0.2) is 0 Å². The van der Waals surface area contributed by atoms with Gasteiger partial charge in [-0.05, 0) is 29.0 Å². The molecular weight excluding hydrogens is 478 g/mol. The Labute approximate surface area is 188 Å². The number of rotatable bonds is 3. The Morgan fingerprint density at radius 2 is 1.65 bits per heavy atom. The molecule has 1 unspecified atom stereocenters. The van der Waals surface area contributed by atoms with Crippen LogP contribution in [0.4, 0.5) is 13.2 Å². The van der Waals surface area contributed by atoms with E-state index in [1.807, 2.05) is 0 Å². The number of oxime groups is 1. The summed E-state index contributed by atoms with van der Waals surface area (Å²) in [6.45, 7) is 0. The molecule has 0 bridgehead atoms. The van der Waals surface area contributed by atoms with Crippen molar-refractivity contribution in [2.45, 2.75) is 18.2 Å². The molecule has 1 atom stereocenters. The van der Waals surface area contributed by atoms with Crippen LogP contribution in [0.1, 0.15) is 27.9 Å². The van der Waals surface area contributed by atoms with Crippen LogP contribution in [-0.2, 0) is 10.4 Å². The van der Waals surface area contributed by atoms with Gasteiger partial charge in [0.05, 0.1) is 26.3 Å². The first kappa shape index (κ1) is 21.7. The number of halogens is 6. The first-order chi connectivity index (χ1) is 14.5. The first-order valence-electron chi connectivity index (χ1n) is 8.77. The van der Waals surface area contributed by atoms with Crippen molar-refractivity contribution in [1.82, 2.24) is 0 Å². The van der Waals surface area contributed by atoms with Crippen LogP contribution in [0.15, 0.2) is 53.7 Å². The van der Waals surface area contributed by atoms with Crippen molar-refractivity contribution < 1.29 is 27.9 Å². The van der Waals surface area contributed by atoms with Crippen molar-refractivity contribution in [2.24, 2.45) is 5.16 Å². The van der Waals surface area contributed by atoms with Crippen molar-refractivity contribution in [1.29, 1.82) is 0 Å². The Balaban J connectivity index is 1.85. The average molecular weight is 489 g/mol. The SMILES string of the molecule is O=C(O)c1ccc(C2=NOC(c3cc(Cl)c(Cl)c(Cl)c3)(C(F)(F)F)C2)c2ccccc12. The highest BCUT2D eigenvalue weighted by Crippen LogP contribution is 2.51. The summed E-state index contributed by atoms with van der Waals surface area (Å²) in [4.78, 5) is 16.5. The molecule has 0 aromatic heterocycles.